The first-order valence-electron chi connectivity index (χ1n) is 4.81. The summed E-state index contributed by atoms with van der Waals surface area (Å²) in [6.45, 7) is 7.42. The van der Waals surface area contributed by atoms with Gasteiger partial charge in [0, 0.05) is 19.1 Å². The van der Waals surface area contributed by atoms with Gasteiger partial charge in [-0.15, -0.1) is 0 Å². The summed E-state index contributed by atoms with van der Waals surface area (Å²) in [6.07, 6.45) is 4.89. The number of rotatable bonds is 3. The van der Waals surface area contributed by atoms with E-state index in [1.165, 1.54) is 25.0 Å². The molecule has 1 rings (SSSR count). The van der Waals surface area contributed by atoms with Crippen molar-refractivity contribution in [3.8, 4) is 0 Å². The van der Waals surface area contributed by atoms with Crippen molar-refractivity contribution in [1.82, 2.24) is 4.90 Å². The number of nitrogens with two attached hydrogens (primary N) is 1. The molecule has 0 saturated carbocycles. The summed E-state index contributed by atoms with van der Waals surface area (Å²) in [5, 5.41) is 0. The molecule has 12 heavy (non-hydrogen) atoms. The molecular weight excluding hydrogens is 148 g/mol. The number of hydrogen-bond acceptors (Lipinski definition) is 2. The van der Waals surface area contributed by atoms with Gasteiger partial charge < -0.3 is 5.73 Å². The van der Waals surface area contributed by atoms with Gasteiger partial charge >= 0.3 is 0 Å². The maximum Gasteiger partial charge on any atom is 0.0222 e. The lowest BCUT2D eigenvalue weighted by molar-refractivity contribution is 0.286. The van der Waals surface area contributed by atoms with E-state index in [0.717, 1.165) is 13.1 Å². The van der Waals surface area contributed by atoms with E-state index in [2.05, 4.69) is 24.8 Å². The Morgan fingerprint density at radius 3 is 2.92 bits per heavy atom. The second kappa shape index (κ2) is 4.63. The van der Waals surface area contributed by atoms with Crippen LogP contribution in [0.5, 0.6) is 0 Å². The molecule has 0 aromatic carbocycles. The Kier molecular flexibility index (Phi) is 3.76. The van der Waals surface area contributed by atoms with Crippen LogP contribution in [0.25, 0.3) is 0 Å². The average molecular weight is 168 g/mol. The Labute approximate surface area is 75.4 Å². The van der Waals surface area contributed by atoms with Gasteiger partial charge in [0.1, 0.15) is 0 Å². The van der Waals surface area contributed by atoms with Gasteiger partial charge in [-0.05, 0) is 33.2 Å². The van der Waals surface area contributed by atoms with E-state index in [9.17, 15) is 0 Å². The van der Waals surface area contributed by atoms with Crippen molar-refractivity contribution in [1.29, 1.82) is 0 Å². The molecule has 0 spiro atoms. The highest BCUT2D eigenvalue weighted by Gasteiger charge is 2.21. The largest absolute Gasteiger partial charge is 0.329 e. The third-order valence-electron chi connectivity index (χ3n) is 2.51. The van der Waals surface area contributed by atoms with Gasteiger partial charge in [-0.2, -0.15) is 0 Å². The monoisotopic (exact) mass is 168 g/mol. The van der Waals surface area contributed by atoms with Crippen molar-refractivity contribution in [3.05, 3.63) is 11.6 Å². The normalized spacial score (nSPS) is 24.4. The third kappa shape index (κ3) is 2.61. The van der Waals surface area contributed by atoms with E-state index in [1.54, 1.807) is 0 Å². The summed E-state index contributed by atoms with van der Waals surface area (Å²) in [6, 6.07) is 0.639. The molecule has 0 aliphatic carbocycles. The van der Waals surface area contributed by atoms with Crippen molar-refractivity contribution < 1.29 is 0 Å². The van der Waals surface area contributed by atoms with Crippen molar-refractivity contribution in [2.24, 2.45) is 5.73 Å². The van der Waals surface area contributed by atoms with Gasteiger partial charge in [0.25, 0.3) is 0 Å². The third-order valence-corrected chi connectivity index (χ3v) is 2.51. The lowest BCUT2D eigenvalue weighted by atomic mass is 10.2. The van der Waals surface area contributed by atoms with Crippen LogP contribution in [-0.4, -0.2) is 30.6 Å². The summed E-state index contributed by atoms with van der Waals surface area (Å²) in [5.74, 6) is 0. The summed E-state index contributed by atoms with van der Waals surface area (Å²) in [5.41, 5.74) is 7.07. The fraction of sp³-hybridized carbons (Fsp3) is 0.800. The first-order chi connectivity index (χ1) is 5.74. The molecule has 1 unspecified atom stereocenters. The van der Waals surface area contributed by atoms with Gasteiger partial charge in [-0.3, -0.25) is 4.90 Å². The number of allylic oxidation sites excluding steroid dienone is 1. The number of nitrogens with zero attached hydrogens (tertiary/aromatic N) is 1. The highest BCUT2D eigenvalue weighted by Crippen LogP contribution is 2.15. The molecule has 0 amide bonds. The molecule has 1 aliphatic rings. The Morgan fingerprint density at radius 2 is 2.33 bits per heavy atom. The van der Waals surface area contributed by atoms with Gasteiger partial charge in [-0.25, -0.2) is 0 Å². The standard InChI is InChI=1S/C10H20N2/c1-9(2)5-7-12-6-3-4-10(12)8-11/h5,10H,3-4,6-8,11H2,1-2H3. The minimum Gasteiger partial charge on any atom is -0.329 e. The zero-order valence-electron chi connectivity index (χ0n) is 8.21. The molecule has 0 bridgehead atoms. The second-order valence-corrected chi connectivity index (χ2v) is 3.81. The molecule has 2 N–H and O–H groups in total. The Hall–Kier alpha value is -0.340. The maximum absolute atomic E-state index is 5.67. The summed E-state index contributed by atoms with van der Waals surface area (Å²) in [7, 11) is 0. The van der Waals surface area contributed by atoms with E-state index in [-0.39, 0.29) is 0 Å². The molecule has 1 fully saturated rings. The molecule has 1 saturated heterocycles. The van der Waals surface area contributed by atoms with E-state index in [0.29, 0.717) is 6.04 Å². The highest BCUT2D eigenvalue weighted by molar-refractivity contribution is 4.96. The summed E-state index contributed by atoms with van der Waals surface area (Å²) < 4.78 is 0. The molecule has 0 radical (unpaired) electrons. The van der Waals surface area contributed by atoms with Crippen LogP contribution in [0.3, 0.4) is 0 Å². The van der Waals surface area contributed by atoms with Gasteiger partial charge in [0.05, 0.1) is 0 Å². The Bertz CT molecular complexity index is 159. The predicted octanol–water partition coefficient (Wildman–Crippen LogP) is 1.38. The topological polar surface area (TPSA) is 29.3 Å². The van der Waals surface area contributed by atoms with Crippen molar-refractivity contribution in [3.63, 3.8) is 0 Å². The second-order valence-electron chi connectivity index (χ2n) is 3.81. The fourth-order valence-corrected chi connectivity index (χ4v) is 1.70. The van der Waals surface area contributed by atoms with Crippen LogP contribution >= 0.6 is 0 Å². The van der Waals surface area contributed by atoms with E-state index in [4.69, 9.17) is 5.73 Å². The van der Waals surface area contributed by atoms with Crippen LogP contribution in [0.4, 0.5) is 0 Å². The van der Waals surface area contributed by atoms with Crippen LogP contribution in [-0.2, 0) is 0 Å². The van der Waals surface area contributed by atoms with Crippen LogP contribution in [0.2, 0.25) is 0 Å². The van der Waals surface area contributed by atoms with E-state index < -0.39 is 0 Å². The van der Waals surface area contributed by atoms with Crippen LogP contribution in [0.15, 0.2) is 11.6 Å². The minimum absolute atomic E-state index is 0.639. The quantitative estimate of drug-likeness (QED) is 0.645. The van der Waals surface area contributed by atoms with E-state index in [1.807, 2.05) is 0 Å². The number of likely N-dealkylation sites (tertiary alicyclic amines) is 1. The molecule has 0 aromatic rings. The fourth-order valence-electron chi connectivity index (χ4n) is 1.70. The van der Waals surface area contributed by atoms with Crippen molar-refractivity contribution >= 4 is 0 Å². The molecule has 0 aromatic heterocycles. The smallest absolute Gasteiger partial charge is 0.0222 e. The van der Waals surface area contributed by atoms with E-state index >= 15 is 0 Å². The van der Waals surface area contributed by atoms with Gasteiger partial charge in [0.15, 0.2) is 0 Å². The zero-order valence-corrected chi connectivity index (χ0v) is 8.21. The van der Waals surface area contributed by atoms with Crippen LogP contribution in [0, 0.1) is 0 Å². The van der Waals surface area contributed by atoms with Crippen molar-refractivity contribution in [2.75, 3.05) is 19.6 Å². The average Bonchev–Trinajstić information content (AvgIpc) is 2.47. The first-order valence-corrected chi connectivity index (χ1v) is 4.81. The maximum atomic E-state index is 5.67. The summed E-state index contributed by atoms with van der Waals surface area (Å²) >= 11 is 0. The summed E-state index contributed by atoms with van der Waals surface area (Å²) in [4.78, 5) is 2.48. The van der Waals surface area contributed by atoms with Gasteiger partial charge in [0.2, 0.25) is 0 Å². The SMILES string of the molecule is CC(C)=CCN1CCCC1CN. The molecular formula is C10H20N2. The molecule has 1 atom stereocenters. The molecule has 70 valence electrons. The van der Waals surface area contributed by atoms with Gasteiger partial charge in [-0.1, -0.05) is 11.6 Å². The van der Waals surface area contributed by atoms with Crippen LogP contribution in [0.1, 0.15) is 26.7 Å². The lowest BCUT2D eigenvalue weighted by Crippen LogP contribution is -2.35. The Morgan fingerprint density at radius 1 is 1.58 bits per heavy atom. The Balaban J connectivity index is 2.35. The number of hydrogen-bond donors (Lipinski definition) is 1. The zero-order chi connectivity index (χ0) is 8.97. The molecule has 2 nitrogen and oxygen atoms in total. The lowest BCUT2D eigenvalue weighted by Gasteiger charge is -2.21. The first kappa shape index (κ1) is 9.75. The highest BCUT2D eigenvalue weighted by atomic mass is 15.2. The molecule has 1 aliphatic heterocycles. The predicted molar refractivity (Wildman–Crippen MR) is 53.1 cm³/mol. The van der Waals surface area contributed by atoms with Crippen molar-refractivity contribution in [2.45, 2.75) is 32.7 Å². The van der Waals surface area contributed by atoms with Crippen LogP contribution < -0.4 is 5.73 Å². The molecule has 2 heteroatoms. The minimum atomic E-state index is 0.639. The molecule has 1 heterocycles.